The molecule has 1 aliphatic rings. The molecule has 1 heterocycles. The molecular formula is C22H28N4O3. The van der Waals surface area contributed by atoms with Crippen LogP contribution in [0.3, 0.4) is 0 Å². The van der Waals surface area contributed by atoms with Gasteiger partial charge in [-0.3, -0.25) is 9.88 Å². The van der Waals surface area contributed by atoms with Gasteiger partial charge >= 0.3 is 6.09 Å². The van der Waals surface area contributed by atoms with Crippen molar-refractivity contribution in [2.45, 2.75) is 44.8 Å². The molecule has 1 fully saturated rings. The molecule has 0 bridgehead atoms. The van der Waals surface area contributed by atoms with Crippen LogP contribution in [0.2, 0.25) is 0 Å². The summed E-state index contributed by atoms with van der Waals surface area (Å²) in [5.41, 5.74) is 2.64. The first-order valence-corrected chi connectivity index (χ1v) is 10.0. The van der Waals surface area contributed by atoms with Gasteiger partial charge < -0.3 is 15.2 Å². The molecule has 1 amide bonds. The van der Waals surface area contributed by atoms with Gasteiger partial charge in [0.15, 0.2) is 0 Å². The molecule has 0 saturated heterocycles. The van der Waals surface area contributed by atoms with E-state index in [1.807, 2.05) is 6.07 Å². The number of nitrogens with zero attached hydrogens (tertiary/aromatic N) is 4. The number of hydrogen-bond acceptors (Lipinski definition) is 5. The van der Waals surface area contributed by atoms with Crippen LogP contribution in [0, 0.1) is 0 Å². The van der Waals surface area contributed by atoms with Gasteiger partial charge in [0.1, 0.15) is 0 Å². The molecule has 154 valence electrons. The van der Waals surface area contributed by atoms with Crippen LogP contribution in [0.15, 0.2) is 53.8 Å². The zero-order valence-corrected chi connectivity index (χ0v) is 16.5. The molecule has 29 heavy (non-hydrogen) atoms. The van der Waals surface area contributed by atoms with Crippen molar-refractivity contribution in [1.82, 2.24) is 14.8 Å². The fraction of sp³-hybridized carbons (Fsp3) is 0.409. The fourth-order valence-electron chi connectivity index (χ4n) is 3.43. The maximum absolute atomic E-state index is 11.6. The Balaban J connectivity index is 1.47. The molecule has 0 radical (unpaired) electrons. The van der Waals surface area contributed by atoms with Gasteiger partial charge in [0.2, 0.25) is 0 Å². The minimum Gasteiger partial charge on any atom is -0.465 e. The Hall–Kier alpha value is -2.93. The summed E-state index contributed by atoms with van der Waals surface area (Å²) in [6.45, 7) is 2.63. The van der Waals surface area contributed by atoms with Crippen molar-refractivity contribution in [2.75, 3.05) is 13.1 Å². The van der Waals surface area contributed by atoms with Crippen molar-refractivity contribution in [3.63, 3.8) is 0 Å². The second-order valence-corrected chi connectivity index (χ2v) is 7.42. The number of carbonyl (C=O) groups is 1. The Morgan fingerprint density at radius 2 is 1.90 bits per heavy atom. The zero-order chi connectivity index (χ0) is 20.5. The molecule has 1 aliphatic carbocycles. The third kappa shape index (κ3) is 6.87. The van der Waals surface area contributed by atoms with E-state index in [9.17, 15) is 9.90 Å². The number of pyridine rings is 1. The SMILES string of the molecule is O=C(O)N(CCCCN(Cc1ccccc1)C1CC1)Cc1cc(/C=N/O)ccn1. The standard InChI is InChI=1S/C22H28N4O3/c27-22(28)26(17-20-14-19(15-24-29)10-11-23-20)13-5-4-12-25(21-8-9-21)16-18-6-2-1-3-7-18/h1-3,6-7,10-11,14-15,21,29H,4-5,8-9,12-13,16-17H2,(H,27,28)/b24-15+. The number of aromatic nitrogens is 1. The maximum Gasteiger partial charge on any atom is 0.407 e. The van der Waals surface area contributed by atoms with Crippen molar-refractivity contribution in [1.29, 1.82) is 0 Å². The van der Waals surface area contributed by atoms with Crippen molar-refractivity contribution >= 4 is 12.3 Å². The van der Waals surface area contributed by atoms with Gasteiger partial charge in [-0.25, -0.2) is 4.79 Å². The van der Waals surface area contributed by atoms with Crippen molar-refractivity contribution in [3.8, 4) is 0 Å². The van der Waals surface area contributed by atoms with E-state index in [0.29, 0.717) is 23.8 Å². The van der Waals surface area contributed by atoms with E-state index in [2.05, 4.69) is 39.3 Å². The molecule has 0 unspecified atom stereocenters. The van der Waals surface area contributed by atoms with Crippen molar-refractivity contribution < 1.29 is 15.1 Å². The molecule has 3 rings (SSSR count). The predicted octanol–water partition coefficient (Wildman–Crippen LogP) is 3.81. The Morgan fingerprint density at radius 3 is 2.59 bits per heavy atom. The Kier molecular flexibility index (Phi) is 7.58. The monoisotopic (exact) mass is 396 g/mol. The number of amides is 1. The summed E-state index contributed by atoms with van der Waals surface area (Å²) >= 11 is 0. The van der Waals surface area contributed by atoms with Gasteiger partial charge in [-0.2, -0.15) is 0 Å². The number of oxime groups is 1. The average Bonchev–Trinajstić information content (AvgIpc) is 3.56. The summed E-state index contributed by atoms with van der Waals surface area (Å²) in [6, 6.07) is 14.6. The average molecular weight is 396 g/mol. The van der Waals surface area contributed by atoms with E-state index < -0.39 is 6.09 Å². The second-order valence-electron chi connectivity index (χ2n) is 7.42. The summed E-state index contributed by atoms with van der Waals surface area (Å²) in [6.07, 6.45) is 6.22. The highest BCUT2D eigenvalue weighted by Gasteiger charge is 2.28. The van der Waals surface area contributed by atoms with E-state index in [4.69, 9.17) is 5.21 Å². The largest absolute Gasteiger partial charge is 0.465 e. The highest BCUT2D eigenvalue weighted by Crippen LogP contribution is 2.28. The second kappa shape index (κ2) is 10.6. The van der Waals surface area contributed by atoms with E-state index >= 15 is 0 Å². The molecule has 1 saturated carbocycles. The lowest BCUT2D eigenvalue weighted by atomic mass is 10.2. The zero-order valence-electron chi connectivity index (χ0n) is 16.5. The van der Waals surface area contributed by atoms with Gasteiger partial charge in [-0.15, -0.1) is 0 Å². The van der Waals surface area contributed by atoms with Crippen LogP contribution in [-0.4, -0.2) is 56.5 Å². The third-order valence-corrected chi connectivity index (χ3v) is 5.09. The topological polar surface area (TPSA) is 89.3 Å². The van der Waals surface area contributed by atoms with Crippen molar-refractivity contribution in [3.05, 3.63) is 65.5 Å². The van der Waals surface area contributed by atoms with E-state index in [1.54, 1.807) is 18.3 Å². The van der Waals surface area contributed by atoms with Crippen LogP contribution in [-0.2, 0) is 13.1 Å². The van der Waals surface area contributed by atoms with Crippen molar-refractivity contribution in [2.24, 2.45) is 5.16 Å². The number of unbranched alkanes of at least 4 members (excludes halogenated alkanes) is 1. The van der Waals surface area contributed by atoms with Gasteiger partial charge in [0.25, 0.3) is 0 Å². The molecule has 1 aromatic carbocycles. The molecule has 7 heteroatoms. The van der Waals surface area contributed by atoms with Crippen LogP contribution in [0.25, 0.3) is 0 Å². The Bertz CT molecular complexity index is 809. The predicted molar refractivity (Wildman–Crippen MR) is 111 cm³/mol. The highest BCUT2D eigenvalue weighted by molar-refractivity contribution is 5.78. The Labute approximate surface area is 171 Å². The van der Waals surface area contributed by atoms with Crippen LogP contribution in [0.5, 0.6) is 0 Å². The van der Waals surface area contributed by atoms with Crippen LogP contribution in [0.1, 0.15) is 42.5 Å². The summed E-state index contributed by atoms with van der Waals surface area (Å²) < 4.78 is 0. The summed E-state index contributed by atoms with van der Waals surface area (Å²) in [5.74, 6) is 0. The lowest BCUT2D eigenvalue weighted by molar-refractivity contribution is 0.139. The minimum absolute atomic E-state index is 0.221. The van der Waals surface area contributed by atoms with Gasteiger partial charge in [0, 0.05) is 25.3 Å². The summed E-state index contributed by atoms with van der Waals surface area (Å²) in [5, 5.41) is 21.2. The fourth-order valence-corrected chi connectivity index (χ4v) is 3.43. The molecule has 2 aromatic rings. The van der Waals surface area contributed by atoms with Gasteiger partial charge in [0.05, 0.1) is 18.5 Å². The lowest BCUT2D eigenvalue weighted by Crippen LogP contribution is -2.31. The summed E-state index contributed by atoms with van der Waals surface area (Å²) in [7, 11) is 0. The normalized spacial score (nSPS) is 13.8. The van der Waals surface area contributed by atoms with Gasteiger partial charge in [-0.1, -0.05) is 35.5 Å². The third-order valence-electron chi connectivity index (χ3n) is 5.09. The maximum atomic E-state index is 11.6. The van der Waals surface area contributed by atoms with E-state index in [1.165, 1.54) is 29.5 Å². The minimum atomic E-state index is -0.948. The molecule has 2 N–H and O–H groups in total. The molecule has 0 spiro atoms. The van der Waals surface area contributed by atoms with E-state index in [0.717, 1.165) is 25.9 Å². The molecular weight excluding hydrogens is 368 g/mol. The smallest absolute Gasteiger partial charge is 0.407 e. The number of benzene rings is 1. The van der Waals surface area contributed by atoms with Crippen LogP contribution >= 0.6 is 0 Å². The first-order chi connectivity index (χ1) is 14.2. The number of carboxylic acid groups (broad SMARTS) is 1. The van der Waals surface area contributed by atoms with Crippen LogP contribution in [0.4, 0.5) is 4.79 Å². The van der Waals surface area contributed by atoms with Gasteiger partial charge in [-0.05, 0) is 55.5 Å². The highest BCUT2D eigenvalue weighted by atomic mass is 16.4. The number of hydrogen-bond donors (Lipinski definition) is 2. The van der Waals surface area contributed by atoms with E-state index in [-0.39, 0.29) is 6.54 Å². The first kappa shape index (κ1) is 20.8. The molecule has 0 aliphatic heterocycles. The first-order valence-electron chi connectivity index (χ1n) is 10.0. The molecule has 0 atom stereocenters. The summed E-state index contributed by atoms with van der Waals surface area (Å²) in [4.78, 5) is 19.7. The number of rotatable bonds is 11. The van der Waals surface area contributed by atoms with Crippen LogP contribution < -0.4 is 0 Å². The molecule has 7 nitrogen and oxygen atoms in total. The quantitative estimate of drug-likeness (QED) is 0.261. The Morgan fingerprint density at radius 1 is 1.14 bits per heavy atom. The lowest BCUT2D eigenvalue weighted by Gasteiger charge is -2.23. The molecule has 1 aromatic heterocycles.